The number of hydrogen-bond acceptors (Lipinski definition) is 4. The molecule has 0 saturated carbocycles. The largest absolute Gasteiger partial charge is 0.293 e. The first kappa shape index (κ1) is 21.6. The molecule has 1 amide bonds. The second-order valence-electron chi connectivity index (χ2n) is 7.95. The van der Waals surface area contributed by atoms with Crippen LogP contribution in [-0.4, -0.2) is 31.5 Å². The summed E-state index contributed by atoms with van der Waals surface area (Å²) in [6.45, 7) is 2.78. The van der Waals surface area contributed by atoms with Crippen LogP contribution in [0.25, 0.3) is 33.8 Å². The maximum atomic E-state index is 13.0. The minimum atomic E-state index is -0.0217. The molecule has 0 atom stereocenters. The fourth-order valence-electron chi connectivity index (χ4n) is 3.91. The van der Waals surface area contributed by atoms with Gasteiger partial charge in [0.05, 0.1) is 22.0 Å². The van der Waals surface area contributed by atoms with Crippen molar-refractivity contribution in [3.63, 3.8) is 0 Å². The molecule has 0 aliphatic carbocycles. The lowest BCUT2D eigenvalue weighted by Gasteiger charge is -2.13. The standard InChI is InChI=1S/C27H23N3OS2/c1-2-3-15-29-26(31)25(33-27(29)32)18-23-17-24(28-30(23)22-11-5-4-6-12-22)21-14-13-19-9-7-8-10-20(19)16-21/h4-14,16-18H,2-3,15H2,1H3. The number of amides is 1. The summed E-state index contributed by atoms with van der Waals surface area (Å²) in [6.07, 6.45) is 3.87. The van der Waals surface area contributed by atoms with E-state index in [1.54, 1.807) is 4.90 Å². The molecule has 2 heterocycles. The number of rotatable bonds is 6. The van der Waals surface area contributed by atoms with E-state index in [2.05, 4.69) is 37.3 Å². The van der Waals surface area contributed by atoms with Gasteiger partial charge in [0.15, 0.2) is 0 Å². The predicted octanol–water partition coefficient (Wildman–Crippen LogP) is 6.69. The number of thiocarbonyl (C=S) groups is 1. The topological polar surface area (TPSA) is 38.1 Å². The summed E-state index contributed by atoms with van der Waals surface area (Å²) in [6, 6.07) is 26.7. The minimum absolute atomic E-state index is 0.0217. The van der Waals surface area contributed by atoms with Gasteiger partial charge < -0.3 is 0 Å². The van der Waals surface area contributed by atoms with Gasteiger partial charge in [0.25, 0.3) is 5.91 Å². The van der Waals surface area contributed by atoms with Crippen molar-refractivity contribution in [1.29, 1.82) is 0 Å². The van der Waals surface area contributed by atoms with E-state index in [0.29, 0.717) is 15.8 Å². The summed E-state index contributed by atoms with van der Waals surface area (Å²) in [5, 5.41) is 7.28. The summed E-state index contributed by atoms with van der Waals surface area (Å²) >= 11 is 6.85. The van der Waals surface area contributed by atoms with Gasteiger partial charge in [-0.2, -0.15) is 5.10 Å². The van der Waals surface area contributed by atoms with E-state index >= 15 is 0 Å². The third-order valence-corrected chi connectivity index (χ3v) is 7.05. The van der Waals surface area contributed by atoms with Crippen molar-refractivity contribution in [3.8, 4) is 16.9 Å². The number of carbonyl (C=O) groups excluding carboxylic acids is 1. The molecule has 4 aromatic rings. The first-order valence-corrected chi connectivity index (χ1v) is 12.3. The maximum absolute atomic E-state index is 13.0. The van der Waals surface area contributed by atoms with Gasteiger partial charge in [-0.05, 0) is 47.5 Å². The van der Waals surface area contributed by atoms with Crippen molar-refractivity contribution in [2.45, 2.75) is 19.8 Å². The van der Waals surface area contributed by atoms with Crippen LogP contribution in [0.3, 0.4) is 0 Å². The number of carbonyl (C=O) groups is 1. The average Bonchev–Trinajstić information content (AvgIpc) is 3.38. The lowest BCUT2D eigenvalue weighted by atomic mass is 10.1. The van der Waals surface area contributed by atoms with Crippen LogP contribution in [0, 0.1) is 0 Å². The van der Waals surface area contributed by atoms with Gasteiger partial charge in [-0.3, -0.25) is 9.69 Å². The first-order chi connectivity index (χ1) is 16.1. The van der Waals surface area contributed by atoms with Crippen LogP contribution in [0.5, 0.6) is 0 Å². The second kappa shape index (κ2) is 9.33. The molecule has 164 valence electrons. The molecule has 0 bridgehead atoms. The number of fused-ring (bicyclic) bond motifs is 1. The molecule has 4 nitrogen and oxygen atoms in total. The van der Waals surface area contributed by atoms with Crippen LogP contribution in [0.2, 0.25) is 0 Å². The van der Waals surface area contributed by atoms with Crippen molar-refractivity contribution in [3.05, 3.63) is 89.5 Å². The Labute approximate surface area is 202 Å². The Kier molecular flexibility index (Phi) is 6.11. The zero-order valence-corrected chi connectivity index (χ0v) is 19.9. The van der Waals surface area contributed by atoms with E-state index in [0.717, 1.165) is 35.5 Å². The maximum Gasteiger partial charge on any atom is 0.266 e. The highest BCUT2D eigenvalue weighted by molar-refractivity contribution is 8.26. The number of thioether (sulfide) groups is 1. The summed E-state index contributed by atoms with van der Waals surface area (Å²) in [4.78, 5) is 15.4. The number of nitrogens with zero attached hydrogens (tertiary/aromatic N) is 3. The Balaban J connectivity index is 1.58. The quantitative estimate of drug-likeness (QED) is 0.233. The van der Waals surface area contributed by atoms with Gasteiger partial charge in [-0.25, -0.2) is 4.68 Å². The van der Waals surface area contributed by atoms with Crippen LogP contribution in [0.15, 0.2) is 83.8 Å². The van der Waals surface area contributed by atoms with Crippen LogP contribution < -0.4 is 0 Å². The molecule has 5 rings (SSSR count). The fourth-order valence-corrected chi connectivity index (χ4v) is 5.20. The third kappa shape index (κ3) is 4.36. The lowest BCUT2D eigenvalue weighted by Crippen LogP contribution is -2.28. The Bertz CT molecular complexity index is 1370. The summed E-state index contributed by atoms with van der Waals surface area (Å²) in [5.41, 5.74) is 3.68. The van der Waals surface area contributed by atoms with E-state index < -0.39 is 0 Å². The highest BCUT2D eigenvalue weighted by atomic mass is 32.2. The minimum Gasteiger partial charge on any atom is -0.293 e. The molecule has 0 unspecified atom stereocenters. The SMILES string of the molecule is CCCCN1C(=O)C(=Cc2cc(-c3ccc4ccccc4c3)nn2-c2ccccc2)SC1=S. The van der Waals surface area contributed by atoms with Gasteiger partial charge in [0.2, 0.25) is 0 Å². The molecule has 1 saturated heterocycles. The van der Waals surface area contributed by atoms with E-state index in [9.17, 15) is 4.79 Å². The Morgan fingerprint density at radius 3 is 2.52 bits per heavy atom. The molecule has 0 radical (unpaired) electrons. The summed E-state index contributed by atoms with van der Waals surface area (Å²) < 4.78 is 2.52. The van der Waals surface area contributed by atoms with Crippen molar-refractivity contribution >= 4 is 51.1 Å². The normalized spacial score (nSPS) is 15.2. The molecular weight excluding hydrogens is 446 g/mol. The van der Waals surface area contributed by atoms with Crippen molar-refractivity contribution < 1.29 is 4.79 Å². The number of hydrogen-bond donors (Lipinski definition) is 0. The third-order valence-electron chi connectivity index (χ3n) is 5.67. The molecule has 1 fully saturated rings. The number of aromatic nitrogens is 2. The van der Waals surface area contributed by atoms with Gasteiger partial charge >= 0.3 is 0 Å². The molecule has 1 aliphatic rings. The van der Waals surface area contributed by atoms with Crippen molar-refractivity contribution in [2.24, 2.45) is 0 Å². The number of benzene rings is 3. The molecule has 6 heteroatoms. The van der Waals surface area contributed by atoms with E-state index in [1.165, 1.54) is 22.5 Å². The van der Waals surface area contributed by atoms with Gasteiger partial charge in [-0.1, -0.05) is 91.9 Å². The van der Waals surface area contributed by atoms with E-state index in [-0.39, 0.29) is 5.91 Å². The highest BCUT2D eigenvalue weighted by Gasteiger charge is 2.31. The fraction of sp³-hybridized carbons (Fsp3) is 0.148. The summed E-state index contributed by atoms with van der Waals surface area (Å²) in [7, 11) is 0. The first-order valence-electron chi connectivity index (χ1n) is 11.0. The molecular formula is C27H23N3OS2. The Morgan fingerprint density at radius 2 is 1.73 bits per heavy atom. The zero-order chi connectivity index (χ0) is 22.8. The van der Waals surface area contributed by atoms with Gasteiger partial charge in [0, 0.05) is 12.1 Å². The highest BCUT2D eigenvalue weighted by Crippen LogP contribution is 2.34. The predicted molar refractivity (Wildman–Crippen MR) is 141 cm³/mol. The smallest absolute Gasteiger partial charge is 0.266 e. The molecule has 0 N–H and O–H groups in total. The summed E-state index contributed by atoms with van der Waals surface area (Å²) in [5.74, 6) is -0.0217. The van der Waals surface area contributed by atoms with Crippen molar-refractivity contribution in [1.82, 2.24) is 14.7 Å². The molecule has 33 heavy (non-hydrogen) atoms. The molecule has 1 aromatic heterocycles. The van der Waals surface area contributed by atoms with Crippen LogP contribution in [0.4, 0.5) is 0 Å². The Hall–Kier alpha value is -3.22. The average molecular weight is 470 g/mol. The molecule has 0 spiro atoms. The monoisotopic (exact) mass is 469 g/mol. The zero-order valence-electron chi connectivity index (χ0n) is 18.3. The van der Waals surface area contributed by atoms with Crippen LogP contribution >= 0.6 is 24.0 Å². The van der Waals surface area contributed by atoms with E-state index in [1.807, 2.05) is 59.3 Å². The number of unbranched alkanes of at least 4 members (excludes halogenated alkanes) is 1. The number of para-hydroxylation sites is 1. The van der Waals surface area contributed by atoms with Gasteiger partial charge in [0.1, 0.15) is 4.32 Å². The van der Waals surface area contributed by atoms with Crippen LogP contribution in [-0.2, 0) is 4.79 Å². The Morgan fingerprint density at radius 1 is 0.970 bits per heavy atom. The second-order valence-corrected chi connectivity index (χ2v) is 9.63. The lowest BCUT2D eigenvalue weighted by molar-refractivity contribution is -0.122. The van der Waals surface area contributed by atoms with Gasteiger partial charge in [-0.15, -0.1) is 0 Å². The van der Waals surface area contributed by atoms with Crippen LogP contribution in [0.1, 0.15) is 25.5 Å². The molecule has 3 aromatic carbocycles. The molecule has 1 aliphatic heterocycles. The van der Waals surface area contributed by atoms with Crippen molar-refractivity contribution in [2.75, 3.05) is 6.54 Å². The van der Waals surface area contributed by atoms with E-state index in [4.69, 9.17) is 17.3 Å².